The second-order valence-corrected chi connectivity index (χ2v) is 33.1. The zero-order valence-electron chi connectivity index (χ0n) is 54.0. The van der Waals surface area contributed by atoms with Gasteiger partial charge >= 0.3 is 5.97 Å². The molecule has 0 saturated carbocycles. The van der Waals surface area contributed by atoms with Crippen LogP contribution in [0, 0.1) is 29.6 Å². The molecule has 10 heteroatoms. The zero-order valence-corrected chi connectivity index (χ0v) is 56.0. The second-order valence-electron chi connectivity index (χ2n) is 24.0. The van der Waals surface area contributed by atoms with Gasteiger partial charge in [-0.3, -0.25) is 19.2 Å². The fraction of sp³-hybridized carbons (Fsp3) is 0.467. The number of hydrogen-bond donors (Lipinski definition) is 2. The minimum atomic E-state index is -1.60. The van der Waals surface area contributed by atoms with Crippen LogP contribution in [0.5, 0.6) is 5.75 Å². The molecule has 2 N–H and O–H groups in total. The first-order valence-corrected chi connectivity index (χ1v) is 38.4. The summed E-state index contributed by atoms with van der Waals surface area (Å²) in [7, 11) is -3.07. The van der Waals surface area contributed by atoms with Crippen LogP contribution in [0.1, 0.15) is 182 Å². The molecule has 1 amide bonds. The lowest BCUT2D eigenvalue weighted by atomic mass is 9.81. The molecule has 4 aromatic rings. The third kappa shape index (κ3) is 34.5. The second kappa shape index (κ2) is 44.3. The maximum absolute atomic E-state index is 12.8. The van der Waals surface area contributed by atoms with Crippen LogP contribution in [0.3, 0.4) is 0 Å². The van der Waals surface area contributed by atoms with Gasteiger partial charge in [-0.25, -0.2) is 0 Å². The normalized spacial score (nSPS) is 13.5. The van der Waals surface area contributed by atoms with Crippen molar-refractivity contribution in [3.05, 3.63) is 205 Å². The number of hydrogen-bond acceptors (Lipinski definition) is 6. The Morgan fingerprint density at radius 2 is 1.02 bits per heavy atom. The fourth-order valence-electron chi connectivity index (χ4n) is 10.4. The van der Waals surface area contributed by atoms with E-state index in [0.29, 0.717) is 52.8 Å². The first-order valence-electron chi connectivity index (χ1n) is 31.9. The number of carbonyl (C=O) groups excluding carboxylic acids is 3. The molecule has 5 atom stereocenters. The summed E-state index contributed by atoms with van der Waals surface area (Å²) in [5, 5.41) is 12.7. The smallest absolute Gasteiger partial charge is 0.307 e. The lowest BCUT2D eigenvalue weighted by Crippen LogP contribution is -2.42. The summed E-state index contributed by atoms with van der Waals surface area (Å²) in [5.41, 5.74) is 3.04. The van der Waals surface area contributed by atoms with Crippen molar-refractivity contribution in [1.29, 1.82) is 0 Å². The van der Waals surface area contributed by atoms with E-state index in [1.54, 1.807) is 36.4 Å². The Bertz CT molecular complexity index is 2600. The Kier molecular flexibility index (Phi) is 39.0. The Morgan fingerprint density at radius 3 is 1.47 bits per heavy atom. The number of rotatable bonds is 40. The Morgan fingerprint density at radius 1 is 0.565 bits per heavy atom. The number of ketones is 2. The van der Waals surface area contributed by atoms with Gasteiger partial charge in [-0.15, -0.1) is 13.2 Å². The van der Waals surface area contributed by atoms with E-state index in [1.807, 2.05) is 85.8 Å². The van der Waals surface area contributed by atoms with Gasteiger partial charge in [-0.05, 0) is 201 Å². The molecule has 0 heterocycles. The molecule has 85 heavy (non-hydrogen) atoms. The van der Waals surface area contributed by atoms with Gasteiger partial charge in [0.2, 0.25) is 5.91 Å². The molecule has 4 rings (SSSR count). The quantitative estimate of drug-likeness (QED) is 0.0197. The van der Waals surface area contributed by atoms with E-state index in [-0.39, 0.29) is 29.8 Å². The van der Waals surface area contributed by atoms with Crippen molar-refractivity contribution < 1.29 is 33.1 Å². The fourth-order valence-corrected chi connectivity index (χ4v) is 18.4. The standard InChI is InChI=1S/C35H45NO4.C21H30O3Si2.C19H34/c1-4-7-8-9-10-11-12-14-17-27(5-2)20-21-28(6-3)32(35(39)40)26-33(37)36-31-24-22-30(23-25-31)34(38)29-18-15-13-16-19-29;1-25(2,3)24-26(4,5)17-9-16-23-20-14-12-19(13-15-20)21(22)18-10-7-6-8-11-18;1-5-8-9-10-11-12-13-14-16-19(7-3)17-18(4)15-6-2/h5,7-8,11-13,15-16,18-19,22-25,27-28,32H,2,4,6,9-10,14,17,20-21,26H2,1,3H3,(H,36,37)(H,39,40);6-8,10-15H,9,16-17H2,1-5H3;7-9,12-13,18-19H,3,5-6,10-11,14-17H2,1-2,4H3/b8-7+,12-11-;;9-8+,13-12-. The molecule has 4 aromatic carbocycles. The minimum absolute atomic E-state index is 0.0356. The predicted octanol–water partition coefficient (Wildman–Crippen LogP) is 21.1. The molecule has 0 radical (unpaired) electrons. The number of carboxylic acid groups (broad SMARTS) is 1. The number of carbonyl (C=O) groups is 4. The maximum Gasteiger partial charge on any atom is 0.307 e. The van der Waals surface area contributed by atoms with Crippen molar-refractivity contribution in [2.24, 2.45) is 29.6 Å². The summed E-state index contributed by atoms with van der Waals surface area (Å²) in [4.78, 5) is 49.9. The summed E-state index contributed by atoms with van der Waals surface area (Å²) >= 11 is 0. The van der Waals surface area contributed by atoms with Crippen LogP contribution in [-0.4, -0.2) is 51.8 Å². The average molecular weight is 1190 g/mol. The molecule has 5 unspecified atom stereocenters. The van der Waals surface area contributed by atoms with Gasteiger partial charge in [-0.2, -0.15) is 0 Å². The number of anilines is 1. The molecule has 464 valence electrons. The van der Waals surface area contributed by atoms with Gasteiger partial charge in [0, 0.05) is 34.4 Å². The lowest BCUT2D eigenvalue weighted by molar-refractivity contribution is -0.145. The first kappa shape index (κ1) is 74.9. The largest absolute Gasteiger partial charge is 0.494 e. The number of nitrogens with one attached hydrogen (secondary N) is 1. The summed E-state index contributed by atoms with van der Waals surface area (Å²) in [6.45, 7) is 30.9. The molecule has 0 spiro atoms. The van der Waals surface area contributed by atoms with Gasteiger partial charge in [-0.1, -0.05) is 175 Å². The molecular weight excluding hydrogens is 1080 g/mol. The van der Waals surface area contributed by atoms with Crippen LogP contribution in [0.2, 0.25) is 38.8 Å². The Balaban J connectivity index is 0.000000471. The SMILES string of the molecule is C=CC(CC/C=C\CC/C=C/CC)CC(C)CCC.C=CC(CC/C=C\CC/C=C/CC)CCC(CC)C(CC(=O)Nc1ccc(C(=O)c2ccccc2)cc1)C(=O)O.C[Si](C)(C)O[Si](C)(C)CCCOc1ccc(C(=O)c2ccccc2)cc1. The molecular formula is C75H109NO7Si2. The third-order valence-corrected chi connectivity index (χ3v) is 21.0. The van der Waals surface area contributed by atoms with Crippen molar-refractivity contribution in [2.45, 2.75) is 189 Å². The number of carboxylic acids is 1. The molecule has 0 aromatic heterocycles. The molecule has 0 saturated heterocycles. The topological polar surface area (TPSA) is 119 Å². The first-order chi connectivity index (χ1) is 40.8. The van der Waals surface area contributed by atoms with Crippen molar-refractivity contribution in [1.82, 2.24) is 0 Å². The van der Waals surface area contributed by atoms with Crippen LogP contribution < -0.4 is 10.1 Å². The number of ether oxygens (including phenoxy) is 1. The molecule has 0 aliphatic carbocycles. The van der Waals surface area contributed by atoms with E-state index in [4.69, 9.17) is 8.85 Å². The highest BCUT2D eigenvalue weighted by Crippen LogP contribution is 2.30. The van der Waals surface area contributed by atoms with Crippen molar-refractivity contribution in [3.8, 4) is 5.75 Å². The number of benzene rings is 4. The summed E-state index contributed by atoms with van der Waals surface area (Å²) in [6.07, 6.45) is 40.5. The number of unbranched alkanes of at least 4 members (excludes halogenated alkanes) is 2. The van der Waals surface area contributed by atoms with Gasteiger partial charge in [0.1, 0.15) is 5.75 Å². The summed E-state index contributed by atoms with van der Waals surface area (Å²) < 4.78 is 12.2. The van der Waals surface area contributed by atoms with Crippen LogP contribution >= 0.6 is 0 Å². The average Bonchev–Trinajstić information content (AvgIpc) is 3.62. The van der Waals surface area contributed by atoms with E-state index in [1.165, 1.54) is 44.9 Å². The van der Waals surface area contributed by atoms with Gasteiger partial charge in [0.15, 0.2) is 28.2 Å². The summed E-state index contributed by atoms with van der Waals surface area (Å²) in [6, 6.07) is 33.5. The molecule has 0 aliphatic rings. The molecule has 8 nitrogen and oxygen atoms in total. The molecule has 0 bridgehead atoms. The lowest BCUT2D eigenvalue weighted by Gasteiger charge is -2.31. The number of aliphatic carboxylic acids is 1. The van der Waals surface area contributed by atoms with E-state index in [0.717, 1.165) is 75.5 Å². The minimum Gasteiger partial charge on any atom is -0.494 e. The van der Waals surface area contributed by atoms with Gasteiger partial charge < -0.3 is 19.3 Å². The van der Waals surface area contributed by atoms with Crippen LogP contribution in [0.15, 0.2) is 183 Å². The van der Waals surface area contributed by atoms with Crippen molar-refractivity contribution in [3.63, 3.8) is 0 Å². The van der Waals surface area contributed by atoms with Crippen molar-refractivity contribution in [2.75, 3.05) is 11.9 Å². The third-order valence-electron chi connectivity index (χ3n) is 14.8. The van der Waals surface area contributed by atoms with E-state index >= 15 is 0 Å². The Labute approximate surface area is 517 Å². The number of amides is 1. The summed E-state index contributed by atoms with van der Waals surface area (Å²) in [5.74, 6) is 0.468. The van der Waals surface area contributed by atoms with Crippen LogP contribution in [0.25, 0.3) is 0 Å². The van der Waals surface area contributed by atoms with E-state index in [2.05, 4.69) is 134 Å². The van der Waals surface area contributed by atoms with Crippen molar-refractivity contribution >= 4 is 45.8 Å². The highest BCUT2D eigenvalue weighted by atomic mass is 28.4. The van der Waals surface area contributed by atoms with Crippen LogP contribution in [-0.2, 0) is 13.7 Å². The van der Waals surface area contributed by atoms with Crippen LogP contribution in [0.4, 0.5) is 5.69 Å². The highest BCUT2D eigenvalue weighted by molar-refractivity contribution is 6.84. The highest BCUT2D eigenvalue weighted by Gasteiger charge is 2.31. The van der Waals surface area contributed by atoms with E-state index in [9.17, 15) is 24.3 Å². The van der Waals surface area contributed by atoms with Gasteiger partial charge in [0.25, 0.3) is 0 Å². The van der Waals surface area contributed by atoms with Gasteiger partial charge in [0.05, 0.1) is 12.5 Å². The maximum atomic E-state index is 12.8. The number of allylic oxidation sites excluding steroid dienone is 10. The monoisotopic (exact) mass is 1190 g/mol. The van der Waals surface area contributed by atoms with E-state index < -0.39 is 28.5 Å². The molecule has 0 fully saturated rings. The Hall–Kier alpha value is -6.21. The zero-order chi connectivity index (χ0) is 62.7. The molecule has 0 aliphatic heterocycles. The predicted molar refractivity (Wildman–Crippen MR) is 367 cm³/mol.